The molecular formula is C24H19ClF6N4O4. The summed E-state index contributed by atoms with van der Waals surface area (Å²) in [6.45, 7) is -0.271. The highest BCUT2D eigenvalue weighted by atomic mass is 35.5. The van der Waals surface area contributed by atoms with E-state index in [0.717, 1.165) is 6.07 Å². The number of nitrogens with zero attached hydrogens (tertiary/aromatic N) is 3. The number of anilines is 1. The summed E-state index contributed by atoms with van der Waals surface area (Å²) >= 11 is 6.30. The van der Waals surface area contributed by atoms with Gasteiger partial charge in [-0.1, -0.05) is 11.6 Å². The number of carbonyl (C=O) groups is 1. The van der Waals surface area contributed by atoms with E-state index in [0.29, 0.717) is 22.9 Å². The number of aliphatic hydroxyl groups is 2. The number of β-amino-alcohol motifs (C(OH)–C–C–N with tert-alkyl or cyclic N) is 2. The number of fused-ring (bicyclic) bond motifs is 1. The summed E-state index contributed by atoms with van der Waals surface area (Å²) in [4.78, 5) is 31.8. The van der Waals surface area contributed by atoms with E-state index < -0.39 is 81.4 Å². The first kappa shape index (κ1) is 27.2. The molecule has 1 aromatic carbocycles. The lowest BCUT2D eigenvalue weighted by Crippen LogP contribution is -2.48. The number of hydrogen-bond donors (Lipinski definition) is 3. The fraction of sp³-hybridized carbons (Fsp3) is 0.375. The van der Waals surface area contributed by atoms with Gasteiger partial charge in [0.1, 0.15) is 28.9 Å². The van der Waals surface area contributed by atoms with Crippen molar-refractivity contribution in [1.82, 2.24) is 14.9 Å². The molecule has 3 aromatic rings. The molecule has 1 unspecified atom stereocenters. The zero-order valence-corrected chi connectivity index (χ0v) is 20.4. The van der Waals surface area contributed by atoms with E-state index in [2.05, 4.69) is 4.98 Å². The lowest BCUT2D eigenvalue weighted by Gasteiger charge is -2.22. The second kappa shape index (κ2) is 9.68. The summed E-state index contributed by atoms with van der Waals surface area (Å²) < 4.78 is 84.6. The van der Waals surface area contributed by atoms with E-state index in [1.807, 2.05) is 0 Å². The Kier molecular flexibility index (Phi) is 6.75. The van der Waals surface area contributed by atoms with Crippen molar-refractivity contribution in [3.05, 3.63) is 62.7 Å². The van der Waals surface area contributed by atoms with Gasteiger partial charge in [0.2, 0.25) is 5.43 Å². The van der Waals surface area contributed by atoms with Gasteiger partial charge in [-0.3, -0.25) is 14.2 Å². The van der Waals surface area contributed by atoms with Crippen molar-refractivity contribution in [2.24, 2.45) is 5.92 Å². The van der Waals surface area contributed by atoms with Crippen LogP contribution in [0.1, 0.15) is 23.2 Å². The molecule has 8 nitrogen and oxygen atoms in total. The van der Waals surface area contributed by atoms with Crippen LogP contribution in [0.25, 0.3) is 16.7 Å². The van der Waals surface area contributed by atoms with Crippen molar-refractivity contribution in [2.75, 3.05) is 18.0 Å². The first-order chi connectivity index (χ1) is 18.3. The molecule has 0 bridgehead atoms. The third kappa shape index (κ3) is 5.03. The molecule has 3 heterocycles. The smallest absolute Gasteiger partial charge is 0.389 e. The topological polar surface area (TPSA) is 108 Å². The molecule has 2 fully saturated rings. The minimum Gasteiger partial charge on any atom is -0.389 e. The van der Waals surface area contributed by atoms with Crippen LogP contribution in [-0.4, -0.2) is 63.2 Å². The summed E-state index contributed by atoms with van der Waals surface area (Å²) in [5.74, 6) is -6.61. The van der Waals surface area contributed by atoms with Gasteiger partial charge >= 0.3 is 6.18 Å². The molecule has 1 aliphatic carbocycles. The van der Waals surface area contributed by atoms with Gasteiger partial charge in [0.25, 0.3) is 5.91 Å². The number of rotatable bonds is 5. The van der Waals surface area contributed by atoms with Crippen LogP contribution in [0.15, 0.2) is 29.2 Å². The van der Waals surface area contributed by atoms with Crippen LogP contribution in [0.4, 0.5) is 32.2 Å². The molecule has 2 aliphatic rings. The molecule has 2 aromatic heterocycles. The Hall–Kier alpha value is -3.36. The molecule has 5 rings (SSSR count). The Balaban J connectivity index is 1.72. The third-order valence-corrected chi connectivity index (χ3v) is 6.95. The number of pyridine rings is 2. The standard InChI is InChI=1S/C24H19ClF6N4O4/c25-13-5-11-19(38)12(23(39)32-20(9-1-2-9)24(29,30)31)6-35(18-14(27)3-10(26)4-15(18)28)21(11)33-22(13)34-7-16(36)17(37)8-34/h3-6,9,16-17,20,36-37H,1-2,7-8H2,(H,32,39)/t16-,17-,20?/m1/s1. The number of aromatic nitrogens is 2. The van der Waals surface area contributed by atoms with Crippen molar-refractivity contribution in [1.29, 1.82) is 0 Å². The minimum atomic E-state index is -4.81. The van der Waals surface area contributed by atoms with Crippen molar-refractivity contribution < 1.29 is 41.4 Å². The van der Waals surface area contributed by atoms with Gasteiger partial charge in [-0.05, 0) is 24.8 Å². The first-order valence-corrected chi connectivity index (χ1v) is 12.0. The highest BCUT2D eigenvalue weighted by Crippen LogP contribution is 2.40. The maximum absolute atomic E-state index is 14.9. The molecule has 0 radical (unpaired) electrons. The number of carbonyl (C=O) groups excluding carboxylic acids is 1. The monoisotopic (exact) mass is 576 g/mol. The number of benzene rings is 1. The van der Waals surface area contributed by atoms with E-state index in [1.165, 1.54) is 4.90 Å². The van der Waals surface area contributed by atoms with Crippen LogP contribution in [0.2, 0.25) is 5.02 Å². The largest absolute Gasteiger partial charge is 0.408 e. The van der Waals surface area contributed by atoms with E-state index in [4.69, 9.17) is 11.6 Å². The summed E-state index contributed by atoms with van der Waals surface area (Å²) in [5.41, 5.74) is -3.45. The molecule has 0 spiro atoms. The summed E-state index contributed by atoms with van der Waals surface area (Å²) in [6, 6.07) is -0.574. The molecule has 1 amide bonds. The SMILES string of the molecule is O=C(NC(C1CC1)C(F)(F)F)c1cn(-c2c(F)cc(F)cc2F)c2nc(N3C[C@@H](O)[C@H](O)C3)c(Cl)cc2c1=O. The molecule has 15 heteroatoms. The first-order valence-electron chi connectivity index (χ1n) is 11.7. The van der Waals surface area contributed by atoms with Gasteiger partial charge in [-0.2, -0.15) is 13.2 Å². The van der Waals surface area contributed by atoms with Gasteiger partial charge < -0.3 is 20.4 Å². The Morgan fingerprint density at radius 2 is 1.67 bits per heavy atom. The maximum atomic E-state index is 14.9. The lowest BCUT2D eigenvalue weighted by molar-refractivity contribution is -0.158. The van der Waals surface area contributed by atoms with E-state index in [1.54, 1.807) is 5.32 Å². The van der Waals surface area contributed by atoms with Gasteiger partial charge in [0.15, 0.2) is 17.3 Å². The van der Waals surface area contributed by atoms with Gasteiger partial charge in [0, 0.05) is 31.4 Å². The number of alkyl halides is 3. The van der Waals surface area contributed by atoms with Crippen molar-refractivity contribution >= 4 is 34.4 Å². The fourth-order valence-electron chi connectivity index (χ4n) is 4.59. The van der Waals surface area contributed by atoms with Crippen LogP contribution in [-0.2, 0) is 0 Å². The van der Waals surface area contributed by atoms with Gasteiger partial charge in [-0.15, -0.1) is 0 Å². The van der Waals surface area contributed by atoms with Crippen LogP contribution in [0, 0.1) is 23.4 Å². The third-order valence-electron chi connectivity index (χ3n) is 6.67. The van der Waals surface area contributed by atoms with Crippen LogP contribution >= 0.6 is 11.6 Å². The van der Waals surface area contributed by atoms with Crippen LogP contribution < -0.4 is 15.6 Å². The Morgan fingerprint density at radius 1 is 1.08 bits per heavy atom. The van der Waals surface area contributed by atoms with Crippen LogP contribution in [0.3, 0.4) is 0 Å². The quantitative estimate of drug-likeness (QED) is 0.403. The van der Waals surface area contributed by atoms with Crippen molar-refractivity contribution in [2.45, 2.75) is 37.3 Å². The molecule has 208 valence electrons. The normalized spacial score (nSPS) is 20.5. The van der Waals surface area contributed by atoms with E-state index >= 15 is 0 Å². The average Bonchev–Trinajstić information content (AvgIpc) is 3.61. The predicted molar refractivity (Wildman–Crippen MR) is 126 cm³/mol. The average molecular weight is 577 g/mol. The van der Waals surface area contributed by atoms with E-state index in [9.17, 15) is 46.1 Å². The summed E-state index contributed by atoms with van der Waals surface area (Å²) in [6.07, 6.45) is -6.12. The predicted octanol–water partition coefficient (Wildman–Crippen LogP) is 3.07. The number of nitrogens with one attached hydrogen (secondary N) is 1. The van der Waals surface area contributed by atoms with Gasteiger partial charge in [-0.25, -0.2) is 18.2 Å². The molecule has 1 saturated heterocycles. The Labute approximate surface area is 220 Å². The number of halogens is 7. The summed E-state index contributed by atoms with van der Waals surface area (Å²) in [5, 5.41) is 20.9. The lowest BCUT2D eigenvalue weighted by atomic mass is 10.1. The zero-order chi connectivity index (χ0) is 28.4. The Bertz CT molecular complexity index is 1510. The second-order valence-electron chi connectivity index (χ2n) is 9.49. The van der Waals surface area contributed by atoms with Crippen molar-refractivity contribution in [3.63, 3.8) is 0 Å². The number of hydrogen-bond acceptors (Lipinski definition) is 6. The highest BCUT2D eigenvalue weighted by Gasteiger charge is 2.50. The zero-order valence-electron chi connectivity index (χ0n) is 19.6. The highest BCUT2D eigenvalue weighted by molar-refractivity contribution is 6.33. The second-order valence-corrected chi connectivity index (χ2v) is 9.90. The molecule has 1 aliphatic heterocycles. The fourth-order valence-corrected chi connectivity index (χ4v) is 4.86. The minimum absolute atomic E-state index is 0.0982. The van der Waals surface area contributed by atoms with E-state index in [-0.39, 0.29) is 36.8 Å². The number of aliphatic hydroxyl groups excluding tert-OH is 2. The van der Waals surface area contributed by atoms with Crippen molar-refractivity contribution in [3.8, 4) is 5.69 Å². The summed E-state index contributed by atoms with van der Waals surface area (Å²) in [7, 11) is 0. The Morgan fingerprint density at radius 3 is 2.21 bits per heavy atom. The number of amides is 1. The molecular weight excluding hydrogens is 558 g/mol. The van der Waals surface area contributed by atoms with Gasteiger partial charge in [0.05, 0.1) is 22.6 Å². The van der Waals surface area contributed by atoms with Crippen LogP contribution in [0.5, 0.6) is 0 Å². The molecule has 39 heavy (non-hydrogen) atoms. The molecule has 3 N–H and O–H groups in total. The molecule has 1 saturated carbocycles. The maximum Gasteiger partial charge on any atom is 0.408 e. The molecule has 3 atom stereocenters.